The van der Waals surface area contributed by atoms with Gasteiger partial charge in [-0.2, -0.15) is 4.31 Å². The molecule has 0 spiro atoms. The van der Waals surface area contributed by atoms with E-state index in [-0.39, 0.29) is 16.1 Å². The molecule has 2 aromatic heterocycles. The Hall–Kier alpha value is -1.71. The van der Waals surface area contributed by atoms with Gasteiger partial charge in [-0.3, -0.25) is 4.79 Å². The van der Waals surface area contributed by atoms with Gasteiger partial charge < -0.3 is 9.26 Å². The van der Waals surface area contributed by atoms with Gasteiger partial charge in [0.05, 0.1) is 18.2 Å². The smallest absolute Gasteiger partial charge is 0.309 e. The zero-order chi connectivity index (χ0) is 18.9. The van der Waals surface area contributed by atoms with Crippen molar-refractivity contribution in [2.24, 2.45) is 5.92 Å². The highest BCUT2D eigenvalue weighted by molar-refractivity contribution is 7.91. The number of piperidine rings is 1. The molecule has 1 saturated heterocycles. The highest BCUT2D eigenvalue weighted by atomic mass is 32.2. The molecule has 0 amide bonds. The Morgan fingerprint density at radius 2 is 2.08 bits per heavy atom. The standard InChI is InChI=1S/C17H22N2O5S2/c1-4-23-17(20)13-5-7-19(8-6-13)26(21,22)15-9-14(10-25-15)16-11(2)12(3)18-24-16/h9-10,13H,4-8H2,1-3H3. The molecular weight excluding hydrogens is 376 g/mol. The first kappa shape index (κ1) is 19.1. The van der Waals surface area contributed by atoms with E-state index < -0.39 is 10.0 Å². The van der Waals surface area contributed by atoms with Crippen LogP contribution in [0.15, 0.2) is 20.2 Å². The lowest BCUT2D eigenvalue weighted by atomic mass is 9.98. The van der Waals surface area contributed by atoms with Crippen molar-refractivity contribution in [2.75, 3.05) is 19.7 Å². The second kappa shape index (κ2) is 7.50. The normalized spacial score (nSPS) is 16.7. The highest BCUT2D eigenvalue weighted by Gasteiger charge is 2.33. The van der Waals surface area contributed by atoms with Gasteiger partial charge in [0.25, 0.3) is 10.0 Å². The lowest BCUT2D eigenvalue weighted by molar-refractivity contribution is -0.149. The van der Waals surface area contributed by atoms with Crippen LogP contribution in [0.2, 0.25) is 0 Å². The number of carbonyl (C=O) groups excluding carboxylic acids is 1. The number of hydrogen-bond acceptors (Lipinski definition) is 7. The Kier molecular flexibility index (Phi) is 5.50. The quantitative estimate of drug-likeness (QED) is 0.719. The number of nitrogens with zero attached hydrogens (tertiary/aromatic N) is 2. The van der Waals surface area contributed by atoms with Gasteiger partial charge in [0.2, 0.25) is 0 Å². The third-order valence-corrected chi connectivity index (χ3v) is 7.98. The Morgan fingerprint density at radius 3 is 2.65 bits per heavy atom. The van der Waals surface area contributed by atoms with Gasteiger partial charge in [0, 0.05) is 29.6 Å². The maximum absolute atomic E-state index is 12.9. The fourth-order valence-corrected chi connectivity index (χ4v) is 5.76. The van der Waals surface area contributed by atoms with Gasteiger partial charge in [-0.15, -0.1) is 11.3 Å². The number of esters is 1. The van der Waals surface area contributed by atoms with Crippen molar-refractivity contribution in [1.82, 2.24) is 9.46 Å². The largest absolute Gasteiger partial charge is 0.466 e. The fraction of sp³-hybridized carbons (Fsp3) is 0.529. The average molecular weight is 399 g/mol. The minimum absolute atomic E-state index is 0.222. The van der Waals surface area contributed by atoms with Gasteiger partial charge in [-0.25, -0.2) is 8.42 Å². The summed E-state index contributed by atoms with van der Waals surface area (Å²) in [6.07, 6.45) is 0.966. The average Bonchev–Trinajstić information content (AvgIpc) is 3.23. The Labute approximate surface area is 157 Å². The molecular formula is C17H22N2O5S2. The number of aryl methyl sites for hydroxylation is 1. The number of ether oxygens (including phenoxy) is 1. The van der Waals surface area contributed by atoms with Crippen LogP contribution in [0.5, 0.6) is 0 Å². The summed E-state index contributed by atoms with van der Waals surface area (Å²) in [6.45, 7) is 6.49. The number of rotatable bonds is 5. The molecule has 0 atom stereocenters. The van der Waals surface area contributed by atoms with E-state index in [1.165, 1.54) is 15.6 Å². The van der Waals surface area contributed by atoms with Crippen LogP contribution in [-0.2, 0) is 19.6 Å². The van der Waals surface area contributed by atoms with Crippen LogP contribution < -0.4 is 0 Å². The first-order valence-electron chi connectivity index (χ1n) is 8.53. The topological polar surface area (TPSA) is 89.7 Å². The Balaban J connectivity index is 1.74. The number of sulfonamides is 1. The zero-order valence-electron chi connectivity index (χ0n) is 15.0. The minimum Gasteiger partial charge on any atom is -0.466 e. The summed E-state index contributed by atoms with van der Waals surface area (Å²) in [6, 6.07) is 1.63. The SMILES string of the molecule is CCOC(=O)C1CCN(S(=O)(=O)c2cc(-c3onc(C)c3C)cs2)CC1. The molecule has 1 fully saturated rings. The minimum atomic E-state index is -3.58. The van der Waals surface area contributed by atoms with E-state index in [2.05, 4.69) is 5.16 Å². The maximum atomic E-state index is 12.9. The van der Waals surface area contributed by atoms with Crippen molar-refractivity contribution in [1.29, 1.82) is 0 Å². The van der Waals surface area contributed by atoms with E-state index in [1.807, 2.05) is 13.8 Å². The number of thiophene rings is 1. The fourth-order valence-electron chi connectivity index (χ4n) is 2.97. The van der Waals surface area contributed by atoms with Crippen molar-refractivity contribution in [3.05, 3.63) is 22.7 Å². The molecule has 142 valence electrons. The zero-order valence-corrected chi connectivity index (χ0v) is 16.7. The molecule has 9 heteroatoms. The van der Waals surface area contributed by atoms with E-state index in [0.717, 1.165) is 11.3 Å². The third kappa shape index (κ3) is 3.56. The number of carbonyl (C=O) groups is 1. The van der Waals surface area contributed by atoms with Crippen molar-refractivity contribution < 1.29 is 22.5 Å². The summed E-state index contributed by atoms with van der Waals surface area (Å²) in [5.41, 5.74) is 2.41. The summed E-state index contributed by atoms with van der Waals surface area (Å²) in [5.74, 6) is 0.139. The van der Waals surface area contributed by atoms with E-state index in [1.54, 1.807) is 18.4 Å². The van der Waals surface area contributed by atoms with Gasteiger partial charge in [0.1, 0.15) is 4.21 Å². The first-order chi connectivity index (χ1) is 12.3. The number of aromatic nitrogens is 1. The van der Waals surface area contributed by atoms with Crippen molar-refractivity contribution >= 4 is 27.3 Å². The summed E-state index contributed by atoms with van der Waals surface area (Å²) in [7, 11) is -3.58. The second-order valence-corrected chi connectivity index (χ2v) is 9.38. The summed E-state index contributed by atoms with van der Waals surface area (Å²) in [4.78, 5) is 11.8. The summed E-state index contributed by atoms with van der Waals surface area (Å²) < 4.78 is 37.9. The molecule has 0 bridgehead atoms. The molecule has 0 unspecified atom stereocenters. The van der Waals surface area contributed by atoms with Crippen LogP contribution in [0.1, 0.15) is 31.0 Å². The van der Waals surface area contributed by atoms with Gasteiger partial charge >= 0.3 is 5.97 Å². The molecule has 0 radical (unpaired) electrons. The van der Waals surface area contributed by atoms with Gasteiger partial charge in [-0.05, 0) is 39.7 Å². The number of hydrogen-bond donors (Lipinski definition) is 0. The van der Waals surface area contributed by atoms with Gasteiger partial charge in [0.15, 0.2) is 5.76 Å². The molecule has 0 aromatic carbocycles. The van der Waals surface area contributed by atoms with Crippen molar-refractivity contribution in [3.63, 3.8) is 0 Å². The maximum Gasteiger partial charge on any atom is 0.309 e. The Bertz CT molecular complexity index is 892. The molecule has 2 aromatic rings. The molecule has 0 N–H and O–H groups in total. The van der Waals surface area contributed by atoms with Crippen molar-refractivity contribution in [2.45, 2.75) is 37.8 Å². The molecule has 7 nitrogen and oxygen atoms in total. The molecule has 3 heterocycles. The van der Waals surface area contributed by atoms with Crippen LogP contribution in [0.3, 0.4) is 0 Å². The van der Waals surface area contributed by atoms with Crippen molar-refractivity contribution in [3.8, 4) is 11.3 Å². The monoisotopic (exact) mass is 398 g/mol. The van der Waals surface area contributed by atoms with Crippen LogP contribution >= 0.6 is 11.3 Å². The molecule has 0 aliphatic carbocycles. The van der Waals surface area contributed by atoms with E-state index in [4.69, 9.17) is 9.26 Å². The lowest BCUT2D eigenvalue weighted by Crippen LogP contribution is -2.40. The van der Waals surface area contributed by atoms with Crippen LogP contribution in [-0.4, -0.2) is 43.5 Å². The highest BCUT2D eigenvalue weighted by Crippen LogP contribution is 2.34. The molecule has 3 rings (SSSR count). The predicted molar refractivity (Wildman–Crippen MR) is 97.4 cm³/mol. The molecule has 1 aliphatic rings. The van der Waals surface area contributed by atoms with E-state index >= 15 is 0 Å². The summed E-state index contributed by atoms with van der Waals surface area (Å²) in [5, 5.41) is 5.69. The van der Waals surface area contributed by atoms with E-state index in [9.17, 15) is 13.2 Å². The second-order valence-electron chi connectivity index (χ2n) is 6.31. The lowest BCUT2D eigenvalue weighted by Gasteiger charge is -2.29. The van der Waals surface area contributed by atoms with E-state index in [0.29, 0.717) is 43.9 Å². The Morgan fingerprint density at radius 1 is 1.38 bits per heavy atom. The first-order valence-corrected chi connectivity index (χ1v) is 10.8. The predicted octanol–water partition coefficient (Wildman–Crippen LogP) is 2.98. The molecule has 26 heavy (non-hydrogen) atoms. The van der Waals surface area contributed by atoms with Crippen LogP contribution in [0.4, 0.5) is 0 Å². The van der Waals surface area contributed by atoms with Crippen LogP contribution in [0, 0.1) is 19.8 Å². The third-order valence-electron chi connectivity index (χ3n) is 4.66. The van der Waals surface area contributed by atoms with Crippen LogP contribution in [0.25, 0.3) is 11.3 Å². The summed E-state index contributed by atoms with van der Waals surface area (Å²) >= 11 is 1.17. The molecule has 1 aliphatic heterocycles. The van der Waals surface area contributed by atoms with Gasteiger partial charge in [-0.1, -0.05) is 5.16 Å². The molecule has 0 saturated carbocycles.